The van der Waals surface area contributed by atoms with E-state index in [0.717, 1.165) is 35.0 Å². The van der Waals surface area contributed by atoms with Crippen molar-refractivity contribution in [3.8, 4) is 0 Å². The van der Waals surface area contributed by atoms with Crippen LogP contribution < -0.4 is 9.91 Å². The molecule has 0 aliphatic carbocycles. The summed E-state index contributed by atoms with van der Waals surface area (Å²) in [5, 5.41) is 4.49. The van der Waals surface area contributed by atoms with Gasteiger partial charge in [0.1, 0.15) is 0 Å². The fourth-order valence-electron chi connectivity index (χ4n) is 3.98. The number of rotatable bonds is 6. The quantitative estimate of drug-likeness (QED) is 0.327. The molecule has 4 aromatic carbocycles. The maximum Gasteiger partial charge on any atom is 0.0632 e. The second-order valence-corrected chi connectivity index (χ2v) is 7.56. The Labute approximate surface area is 189 Å². The predicted molar refractivity (Wildman–Crippen MR) is 134 cm³/mol. The molecule has 4 aromatic rings. The molecule has 1 aliphatic heterocycles. The van der Waals surface area contributed by atoms with Gasteiger partial charge >= 0.3 is 0 Å². The average Bonchev–Trinajstić information content (AvgIpc) is 2.88. The lowest BCUT2D eigenvalue weighted by Crippen LogP contribution is -2.37. The molecule has 0 atom stereocenters. The first-order valence-electron chi connectivity index (χ1n) is 10.9. The zero-order valence-corrected chi connectivity index (χ0v) is 17.8. The van der Waals surface area contributed by atoms with Gasteiger partial charge in [0.05, 0.1) is 17.9 Å². The number of anilines is 4. The van der Waals surface area contributed by atoms with E-state index < -0.39 is 0 Å². The normalized spacial score (nSPS) is 12.9. The highest BCUT2D eigenvalue weighted by Crippen LogP contribution is 2.33. The predicted octanol–water partition coefficient (Wildman–Crippen LogP) is 7.29. The van der Waals surface area contributed by atoms with Crippen LogP contribution in [-0.2, 0) is 0 Å². The van der Waals surface area contributed by atoms with Crippen molar-refractivity contribution in [1.29, 1.82) is 0 Å². The van der Waals surface area contributed by atoms with E-state index in [0.29, 0.717) is 0 Å². The van der Waals surface area contributed by atoms with Crippen molar-refractivity contribution in [3.63, 3.8) is 0 Å². The van der Waals surface area contributed by atoms with Crippen LogP contribution in [0.4, 0.5) is 22.7 Å². The van der Waals surface area contributed by atoms with Crippen LogP contribution in [0.25, 0.3) is 0 Å². The monoisotopic (exact) mass is 415 g/mol. The minimum absolute atomic E-state index is 0.756. The number of hydrazine groups is 1. The number of hydrogen-bond acceptors (Lipinski definition) is 3. The summed E-state index contributed by atoms with van der Waals surface area (Å²) in [5.74, 6) is 0. The van der Waals surface area contributed by atoms with E-state index in [1.54, 1.807) is 0 Å². The van der Waals surface area contributed by atoms with Crippen molar-refractivity contribution in [3.05, 3.63) is 145 Å². The lowest BCUT2D eigenvalue weighted by atomic mass is 10.1. The summed E-state index contributed by atoms with van der Waals surface area (Å²) in [4.78, 5) is 2.29. The second kappa shape index (κ2) is 9.27. The standard InChI is InChI=1S/C29H25N3/c1-5-13-25(14-6-1)31(26-15-7-2-8-16-26)27-21-23-30(24-22-27)32(28-17-9-3-10-18-28)29-19-11-4-12-20-29/h1-23H,24H2. The van der Waals surface area contributed by atoms with E-state index in [9.17, 15) is 0 Å². The van der Waals surface area contributed by atoms with Gasteiger partial charge in [-0.15, -0.1) is 0 Å². The third-order valence-electron chi connectivity index (χ3n) is 5.45. The first-order valence-corrected chi connectivity index (χ1v) is 10.9. The van der Waals surface area contributed by atoms with E-state index in [4.69, 9.17) is 0 Å². The summed E-state index contributed by atoms with van der Waals surface area (Å²) in [7, 11) is 0. The minimum Gasteiger partial charge on any atom is -0.311 e. The molecule has 0 spiro atoms. The van der Waals surface area contributed by atoms with E-state index in [1.807, 2.05) is 12.1 Å². The summed E-state index contributed by atoms with van der Waals surface area (Å²) in [6, 6.07) is 42.0. The van der Waals surface area contributed by atoms with Crippen LogP contribution in [-0.4, -0.2) is 11.6 Å². The molecule has 0 radical (unpaired) electrons. The lowest BCUT2D eigenvalue weighted by Gasteiger charge is -2.38. The highest BCUT2D eigenvalue weighted by atomic mass is 15.6. The molecule has 5 rings (SSSR count). The second-order valence-electron chi connectivity index (χ2n) is 7.56. The number of benzene rings is 4. The molecule has 0 bridgehead atoms. The molecule has 0 unspecified atom stereocenters. The molecule has 0 amide bonds. The molecule has 1 heterocycles. The maximum absolute atomic E-state index is 2.29. The van der Waals surface area contributed by atoms with Gasteiger partial charge < -0.3 is 4.90 Å². The van der Waals surface area contributed by atoms with E-state index >= 15 is 0 Å². The first kappa shape index (κ1) is 19.7. The lowest BCUT2D eigenvalue weighted by molar-refractivity contribution is 0.418. The summed E-state index contributed by atoms with van der Waals surface area (Å²) < 4.78 is 0. The molecular weight excluding hydrogens is 390 g/mol. The smallest absolute Gasteiger partial charge is 0.0632 e. The zero-order chi connectivity index (χ0) is 21.6. The summed E-state index contributed by atoms with van der Waals surface area (Å²) >= 11 is 0. The van der Waals surface area contributed by atoms with Gasteiger partial charge in [0.25, 0.3) is 0 Å². The minimum atomic E-state index is 0.756. The Bertz CT molecular complexity index is 1110. The molecular formula is C29H25N3. The molecule has 3 nitrogen and oxygen atoms in total. The molecule has 3 heteroatoms. The van der Waals surface area contributed by atoms with Gasteiger partial charge in [-0.3, -0.25) is 10.0 Å². The summed E-state index contributed by atoms with van der Waals surface area (Å²) in [5.41, 5.74) is 5.70. The van der Waals surface area contributed by atoms with Crippen molar-refractivity contribution in [1.82, 2.24) is 5.01 Å². The van der Waals surface area contributed by atoms with Crippen LogP contribution in [0.5, 0.6) is 0 Å². The van der Waals surface area contributed by atoms with Gasteiger partial charge in [-0.05, 0) is 60.7 Å². The fourth-order valence-corrected chi connectivity index (χ4v) is 3.98. The molecule has 0 N–H and O–H groups in total. The average molecular weight is 416 g/mol. The van der Waals surface area contributed by atoms with Crippen molar-refractivity contribution in [2.24, 2.45) is 0 Å². The highest BCUT2D eigenvalue weighted by Gasteiger charge is 2.20. The van der Waals surface area contributed by atoms with Crippen LogP contribution in [0, 0.1) is 0 Å². The third kappa shape index (κ3) is 4.14. The molecule has 32 heavy (non-hydrogen) atoms. The first-order chi connectivity index (χ1) is 15.9. The highest BCUT2D eigenvalue weighted by molar-refractivity contribution is 5.70. The summed E-state index contributed by atoms with van der Waals surface area (Å²) in [6.07, 6.45) is 6.62. The van der Waals surface area contributed by atoms with Gasteiger partial charge in [0.15, 0.2) is 0 Å². The van der Waals surface area contributed by atoms with E-state index in [1.165, 1.54) is 0 Å². The van der Waals surface area contributed by atoms with Crippen molar-refractivity contribution < 1.29 is 0 Å². The van der Waals surface area contributed by atoms with Gasteiger partial charge in [-0.2, -0.15) is 0 Å². The number of para-hydroxylation sites is 4. The van der Waals surface area contributed by atoms with Crippen LogP contribution in [0.3, 0.4) is 0 Å². The Balaban J connectivity index is 1.48. The molecule has 0 saturated carbocycles. The van der Waals surface area contributed by atoms with Crippen molar-refractivity contribution in [2.45, 2.75) is 0 Å². The Morgan fingerprint density at radius 2 is 0.906 bits per heavy atom. The van der Waals surface area contributed by atoms with Crippen LogP contribution in [0.1, 0.15) is 0 Å². The Kier molecular flexibility index (Phi) is 5.71. The van der Waals surface area contributed by atoms with E-state index in [2.05, 4.69) is 142 Å². The molecule has 0 fully saturated rings. The molecule has 156 valence electrons. The third-order valence-corrected chi connectivity index (χ3v) is 5.45. The van der Waals surface area contributed by atoms with Crippen LogP contribution in [0.15, 0.2) is 145 Å². The topological polar surface area (TPSA) is 9.72 Å². The Morgan fingerprint density at radius 3 is 1.28 bits per heavy atom. The molecule has 1 aliphatic rings. The molecule has 0 aromatic heterocycles. The van der Waals surface area contributed by atoms with Gasteiger partial charge in [0.2, 0.25) is 0 Å². The Hall–Kier alpha value is -4.24. The van der Waals surface area contributed by atoms with Gasteiger partial charge in [0, 0.05) is 23.3 Å². The SMILES string of the molecule is C1=CN(N(c2ccccc2)c2ccccc2)CC=C1N(c1ccccc1)c1ccccc1. The van der Waals surface area contributed by atoms with Crippen LogP contribution in [0.2, 0.25) is 0 Å². The molecule has 0 saturated heterocycles. The largest absolute Gasteiger partial charge is 0.311 e. The van der Waals surface area contributed by atoms with Crippen molar-refractivity contribution in [2.75, 3.05) is 16.5 Å². The Morgan fingerprint density at radius 1 is 0.500 bits per heavy atom. The van der Waals surface area contributed by atoms with E-state index in [-0.39, 0.29) is 0 Å². The van der Waals surface area contributed by atoms with Crippen LogP contribution >= 0.6 is 0 Å². The maximum atomic E-state index is 2.29. The van der Waals surface area contributed by atoms with Gasteiger partial charge in [-0.1, -0.05) is 72.8 Å². The number of allylic oxidation sites excluding steroid dienone is 1. The number of hydrogen-bond donors (Lipinski definition) is 0. The number of nitrogens with zero attached hydrogens (tertiary/aromatic N) is 3. The van der Waals surface area contributed by atoms with Crippen molar-refractivity contribution >= 4 is 22.7 Å². The zero-order valence-electron chi connectivity index (χ0n) is 17.8. The fraction of sp³-hybridized carbons (Fsp3) is 0.0345. The summed E-state index contributed by atoms with van der Waals surface area (Å²) in [6.45, 7) is 0.756. The van der Waals surface area contributed by atoms with Gasteiger partial charge in [-0.25, -0.2) is 0 Å².